The van der Waals surface area contributed by atoms with Gasteiger partial charge in [0.25, 0.3) is 0 Å². The van der Waals surface area contributed by atoms with Gasteiger partial charge in [0.1, 0.15) is 17.6 Å². The minimum Gasteiger partial charge on any atom is -0.465 e. The second kappa shape index (κ2) is 6.15. The van der Waals surface area contributed by atoms with Gasteiger partial charge in [-0.05, 0) is 41.1 Å². The number of ether oxygens (including phenoxy) is 1. The summed E-state index contributed by atoms with van der Waals surface area (Å²) in [6, 6.07) is 14.0. The van der Waals surface area contributed by atoms with E-state index < -0.39 is 5.97 Å². The summed E-state index contributed by atoms with van der Waals surface area (Å²) in [6.45, 7) is 0.257. The molecule has 3 aromatic rings. The van der Waals surface area contributed by atoms with Crippen molar-refractivity contribution in [1.82, 2.24) is 15.2 Å². The molecule has 0 N–H and O–H groups in total. The van der Waals surface area contributed by atoms with Gasteiger partial charge in [0.15, 0.2) is 0 Å². The van der Waals surface area contributed by atoms with Crippen molar-refractivity contribution < 1.29 is 14.4 Å². The molecular formula is C16H12N4O3. The van der Waals surface area contributed by atoms with Crippen molar-refractivity contribution in [3.8, 4) is 6.07 Å². The maximum absolute atomic E-state index is 11.6. The highest BCUT2D eigenvalue weighted by Gasteiger charge is 2.11. The zero-order chi connectivity index (χ0) is 16.2. The van der Waals surface area contributed by atoms with Crippen molar-refractivity contribution >= 4 is 17.0 Å². The fourth-order valence-corrected chi connectivity index (χ4v) is 2.05. The molecule has 0 spiro atoms. The Labute approximate surface area is 131 Å². The molecule has 0 aliphatic rings. The molecule has 2 aromatic carbocycles. The number of fused-ring (bicyclic) bond motifs is 1. The van der Waals surface area contributed by atoms with E-state index in [9.17, 15) is 4.79 Å². The Morgan fingerprint density at radius 1 is 1.26 bits per heavy atom. The molecule has 0 aliphatic carbocycles. The van der Waals surface area contributed by atoms with E-state index in [2.05, 4.69) is 16.4 Å². The molecule has 3 rings (SSSR count). The molecule has 0 aliphatic heterocycles. The number of carbonyl (C=O) groups is 1. The van der Waals surface area contributed by atoms with Crippen LogP contribution in [0.2, 0.25) is 0 Å². The van der Waals surface area contributed by atoms with Crippen LogP contribution in [-0.4, -0.2) is 28.2 Å². The Balaban J connectivity index is 1.82. The Hall–Kier alpha value is -3.40. The predicted octanol–water partition coefficient (Wildman–Crippen LogP) is 1.72. The lowest BCUT2D eigenvalue weighted by molar-refractivity contribution is 0.0600. The van der Waals surface area contributed by atoms with E-state index in [0.29, 0.717) is 22.2 Å². The van der Waals surface area contributed by atoms with E-state index in [0.717, 1.165) is 5.56 Å². The average Bonchev–Trinajstić information content (AvgIpc) is 3.02. The van der Waals surface area contributed by atoms with Crippen LogP contribution in [0.25, 0.3) is 11.0 Å². The molecule has 1 heterocycles. The number of methoxy groups -OCH3 is 1. The molecule has 23 heavy (non-hydrogen) atoms. The van der Waals surface area contributed by atoms with Crippen LogP contribution in [0.15, 0.2) is 42.5 Å². The topological polar surface area (TPSA) is 90.0 Å². The van der Waals surface area contributed by atoms with Crippen LogP contribution in [-0.2, 0) is 11.3 Å². The quantitative estimate of drug-likeness (QED) is 0.682. The van der Waals surface area contributed by atoms with E-state index in [-0.39, 0.29) is 6.61 Å². The van der Waals surface area contributed by atoms with Gasteiger partial charge >= 0.3 is 5.97 Å². The van der Waals surface area contributed by atoms with Gasteiger partial charge in [-0.25, -0.2) is 4.79 Å². The largest absolute Gasteiger partial charge is 0.465 e. The van der Waals surface area contributed by atoms with Gasteiger partial charge in [-0.2, -0.15) is 5.26 Å². The lowest BCUT2D eigenvalue weighted by atomic mass is 10.2. The first-order chi connectivity index (χ1) is 11.2. The summed E-state index contributed by atoms with van der Waals surface area (Å²) in [4.78, 5) is 18.4. The van der Waals surface area contributed by atoms with Crippen LogP contribution in [0.4, 0.5) is 0 Å². The van der Waals surface area contributed by atoms with Crippen molar-refractivity contribution in [3.05, 3.63) is 59.2 Å². The Kier molecular flexibility index (Phi) is 3.89. The highest BCUT2D eigenvalue weighted by molar-refractivity contribution is 5.93. The summed E-state index contributed by atoms with van der Waals surface area (Å²) in [5.41, 5.74) is 3.05. The summed E-state index contributed by atoms with van der Waals surface area (Å²) >= 11 is 0. The number of hydrogen-bond acceptors (Lipinski definition) is 6. The first kappa shape index (κ1) is 14.5. The standard InChI is InChI=1S/C16H12N4O3/c1-22-16(21)13-6-7-14-15(8-13)20(19-18-14)23-10-12-4-2-11(9-17)3-5-12/h2-8H,10H2,1H3. The van der Waals surface area contributed by atoms with E-state index >= 15 is 0 Å². The van der Waals surface area contributed by atoms with Crippen LogP contribution in [0.3, 0.4) is 0 Å². The number of nitrogens with zero attached hydrogens (tertiary/aromatic N) is 4. The van der Waals surface area contributed by atoms with Crippen LogP contribution < -0.4 is 4.84 Å². The Morgan fingerprint density at radius 2 is 2.04 bits per heavy atom. The third-order valence-corrected chi connectivity index (χ3v) is 3.27. The maximum Gasteiger partial charge on any atom is 0.337 e. The van der Waals surface area contributed by atoms with Gasteiger partial charge < -0.3 is 9.57 Å². The SMILES string of the molecule is COC(=O)c1ccc2nnn(OCc3ccc(C#N)cc3)c2c1. The molecule has 1 aromatic heterocycles. The van der Waals surface area contributed by atoms with Crippen molar-refractivity contribution in [2.24, 2.45) is 0 Å². The van der Waals surface area contributed by atoms with Crippen molar-refractivity contribution in [3.63, 3.8) is 0 Å². The van der Waals surface area contributed by atoms with Gasteiger partial charge in [-0.1, -0.05) is 17.0 Å². The highest BCUT2D eigenvalue weighted by Crippen LogP contribution is 2.14. The van der Waals surface area contributed by atoms with Gasteiger partial charge in [-0.3, -0.25) is 0 Å². The van der Waals surface area contributed by atoms with E-state index in [1.54, 1.807) is 42.5 Å². The molecule has 0 saturated carbocycles. The summed E-state index contributed by atoms with van der Waals surface area (Å²) in [5.74, 6) is -0.438. The summed E-state index contributed by atoms with van der Waals surface area (Å²) in [7, 11) is 1.32. The fraction of sp³-hybridized carbons (Fsp3) is 0.125. The number of benzene rings is 2. The van der Waals surface area contributed by atoms with Crippen molar-refractivity contribution in [2.75, 3.05) is 7.11 Å². The molecule has 7 heteroatoms. The average molecular weight is 308 g/mol. The molecule has 0 fully saturated rings. The van der Waals surface area contributed by atoms with Crippen LogP contribution in [0.5, 0.6) is 0 Å². The fourth-order valence-electron chi connectivity index (χ4n) is 2.05. The van der Waals surface area contributed by atoms with Crippen molar-refractivity contribution in [2.45, 2.75) is 6.61 Å². The minimum absolute atomic E-state index is 0.257. The smallest absolute Gasteiger partial charge is 0.337 e. The molecule has 0 amide bonds. The predicted molar refractivity (Wildman–Crippen MR) is 80.3 cm³/mol. The van der Waals surface area contributed by atoms with Crippen molar-refractivity contribution in [1.29, 1.82) is 5.26 Å². The van der Waals surface area contributed by atoms with Crippen LogP contribution >= 0.6 is 0 Å². The molecular weight excluding hydrogens is 296 g/mol. The molecule has 0 radical (unpaired) electrons. The normalized spacial score (nSPS) is 10.3. The zero-order valence-electron chi connectivity index (χ0n) is 12.3. The lowest BCUT2D eigenvalue weighted by Crippen LogP contribution is -2.13. The van der Waals surface area contributed by atoms with Gasteiger partial charge in [0.05, 0.1) is 24.3 Å². The molecule has 0 saturated heterocycles. The molecule has 0 unspecified atom stereocenters. The third kappa shape index (κ3) is 2.96. The molecule has 7 nitrogen and oxygen atoms in total. The summed E-state index contributed by atoms with van der Waals surface area (Å²) in [6.07, 6.45) is 0. The van der Waals surface area contributed by atoms with E-state index in [1.807, 2.05) is 0 Å². The maximum atomic E-state index is 11.6. The number of rotatable bonds is 4. The molecule has 0 atom stereocenters. The number of nitriles is 1. The number of hydrogen-bond donors (Lipinski definition) is 0. The van der Waals surface area contributed by atoms with E-state index in [4.69, 9.17) is 14.8 Å². The Bertz CT molecular complexity index is 894. The van der Waals surface area contributed by atoms with Crippen LogP contribution in [0.1, 0.15) is 21.5 Å². The lowest BCUT2D eigenvalue weighted by Gasteiger charge is -2.06. The second-order valence-corrected chi connectivity index (χ2v) is 4.74. The van der Waals surface area contributed by atoms with Gasteiger partial charge in [0, 0.05) is 0 Å². The number of esters is 1. The molecule has 0 bridgehead atoms. The summed E-state index contributed by atoms with van der Waals surface area (Å²) in [5, 5.41) is 16.7. The number of aromatic nitrogens is 3. The first-order valence-corrected chi connectivity index (χ1v) is 6.77. The third-order valence-electron chi connectivity index (χ3n) is 3.27. The van der Waals surface area contributed by atoms with Crippen LogP contribution in [0, 0.1) is 11.3 Å². The minimum atomic E-state index is -0.438. The first-order valence-electron chi connectivity index (χ1n) is 6.77. The summed E-state index contributed by atoms with van der Waals surface area (Å²) < 4.78 is 4.70. The van der Waals surface area contributed by atoms with E-state index in [1.165, 1.54) is 12.0 Å². The van der Waals surface area contributed by atoms with Gasteiger partial charge in [-0.15, -0.1) is 5.10 Å². The monoisotopic (exact) mass is 308 g/mol. The molecule has 114 valence electrons. The zero-order valence-corrected chi connectivity index (χ0v) is 12.3. The number of carbonyl (C=O) groups excluding carboxylic acids is 1. The highest BCUT2D eigenvalue weighted by atomic mass is 16.7. The Morgan fingerprint density at radius 3 is 2.74 bits per heavy atom. The second-order valence-electron chi connectivity index (χ2n) is 4.74. The van der Waals surface area contributed by atoms with Gasteiger partial charge in [0.2, 0.25) is 0 Å².